The molecule has 0 saturated heterocycles. The van der Waals surface area contributed by atoms with E-state index in [0.29, 0.717) is 10.4 Å². The van der Waals surface area contributed by atoms with Gasteiger partial charge in [0.25, 0.3) is 0 Å². The average molecular weight is 394 g/mol. The van der Waals surface area contributed by atoms with Crippen molar-refractivity contribution in [3.8, 4) is 11.4 Å². The molecule has 0 aliphatic carbocycles. The second-order valence-electron chi connectivity index (χ2n) is 3.85. The smallest absolute Gasteiger partial charge is 0.165 e. The molecule has 0 aliphatic heterocycles. The Hall–Kier alpha value is -0.390. The van der Waals surface area contributed by atoms with Crippen LogP contribution in [0.3, 0.4) is 0 Å². The molecule has 0 radical (unpaired) electrons. The van der Waals surface area contributed by atoms with E-state index in [9.17, 15) is 0 Å². The van der Waals surface area contributed by atoms with E-state index >= 15 is 0 Å². The van der Waals surface area contributed by atoms with Crippen LogP contribution in [0.2, 0.25) is 5.02 Å². The number of aromatic nitrogens is 3. The zero-order chi connectivity index (χ0) is 13.1. The number of alkyl halides is 1. The molecule has 0 saturated carbocycles. The Kier molecular flexibility index (Phi) is 4.81. The Bertz CT molecular complexity index is 554. The highest BCUT2D eigenvalue weighted by molar-refractivity contribution is 9.10. The third kappa shape index (κ3) is 2.78. The van der Waals surface area contributed by atoms with E-state index in [1.54, 1.807) is 0 Å². The Labute approximate surface area is 128 Å². The summed E-state index contributed by atoms with van der Waals surface area (Å²) in [5.41, 5.74) is 0.910. The van der Waals surface area contributed by atoms with Crippen LogP contribution in [0.4, 0.5) is 0 Å². The summed E-state index contributed by atoms with van der Waals surface area (Å²) in [6.45, 7) is 3.01. The van der Waals surface area contributed by atoms with E-state index in [0.717, 1.165) is 34.7 Å². The lowest BCUT2D eigenvalue weighted by molar-refractivity contribution is 0.661. The summed E-state index contributed by atoms with van der Waals surface area (Å²) in [6.07, 6.45) is 1.03. The van der Waals surface area contributed by atoms with Crippen molar-refractivity contribution in [3.63, 3.8) is 0 Å². The maximum Gasteiger partial charge on any atom is 0.165 e. The summed E-state index contributed by atoms with van der Waals surface area (Å²) in [5, 5.41) is 9.80. The van der Waals surface area contributed by atoms with E-state index in [2.05, 4.69) is 53.5 Å². The first-order valence-corrected chi connectivity index (χ1v) is 7.90. The van der Waals surface area contributed by atoms with E-state index in [1.807, 2.05) is 18.2 Å². The summed E-state index contributed by atoms with van der Waals surface area (Å²) in [7, 11) is 0. The maximum atomic E-state index is 6.27. The second-order valence-corrected chi connectivity index (χ2v) is 5.73. The van der Waals surface area contributed by atoms with E-state index in [1.165, 1.54) is 0 Å². The fourth-order valence-corrected chi connectivity index (χ4v) is 2.94. The molecule has 0 unspecified atom stereocenters. The van der Waals surface area contributed by atoms with Crippen LogP contribution < -0.4 is 0 Å². The summed E-state index contributed by atoms with van der Waals surface area (Å²) in [6, 6.07) is 5.79. The van der Waals surface area contributed by atoms with E-state index < -0.39 is 0 Å². The zero-order valence-electron chi connectivity index (χ0n) is 9.83. The van der Waals surface area contributed by atoms with Crippen LogP contribution in [0.25, 0.3) is 11.4 Å². The van der Waals surface area contributed by atoms with Gasteiger partial charge in [0.2, 0.25) is 0 Å². The summed E-state index contributed by atoms with van der Waals surface area (Å²) in [4.78, 5) is 0. The summed E-state index contributed by atoms with van der Waals surface area (Å²) < 4.78 is 3.06. The fraction of sp³-hybridized carbons (Fsp3) is 0.333. The van der Waals surface area contributed by atoms with Crippen LogP contribution in [0, 0.1) is 0 Å². The first-order chi connectivity index (χ1) is 8.67. The largest absolute Gasteiger partial charge is 0.310 e. The highest BCUT2D eigenvalue weighted by Crippen LogP contribution is 2.30. The van der Waals surface area contributed by atoms with Crippen LogP contribution in [-0.4, -0.2) is 14.8 Å². The van der Waals surface area contributed by atoms with Crippen molar-refractivity contribution in [3.05, 3.63) is 33.5 Å². The molecule has 0 spiro atoms. The van der Waals surface area contributed by atoms with Crippen molar-refractivity contribution in [2.45, 2.75) is 25.2 Å². The molecule has 2 aromatic rings. The van der Waals surface area contributed by atoms with E-state index in [-0.39, 0.29) is 0 Å². The third-order valence-electron chi connectivity index (χ3n) is 2.57. The molecule has 1 aromatic carbocycles. The Morgan fingerprint density at radius 1 is 1.33 bits per heavy atom. The standard InChI is InChI=1S/C12H12Br2ClN3/c1-2-5-18-11(7-13)16-17-12(18)9-4-3-8(14)6-10(9)15/h3-4,6H,2,5,7H2,1H3. The number of benzene rings is 1. The van der Waals surface area contributed by atoms with Gasteiger partial charge < -0.3 is 4.57 Å². The quantitative estimate of drug-likeness (QED) is 0.707. The van der Waals surface area contributed by atoms with Crippen LogP contribution in [-0.2, 0) is 11.9 Å². The summed E-state index contributed by atoms with van der Waals surface area (Å²) >= 11 is 13.1. The SMILES string of the molecule is CCCn1c(CBr)nnc1-c1ccc(Br)cc1Cl. The lowest BCUT2D eigenvalue weighted by Crippen LogP contribution is -2.04. The molecule has 1 aromatic heterocycles. The molecule has 0 atom stereocenters. The first kappa shape index (κ1) is 14.0. The molecule has 0 N–H and O–H groups in total. The summed E-state index contributed by atoms with van der Waals surface area (Å²) in [5.74, 6) is 1.75. The minimum atomic E-state index is 0.676. The normalized spacial score (nSPS) is 10.9. The van der Waals surface area contributed by atoms with Crippen LogP contribution in [0.1, 0.15) is 19.2 Å². The van der Waals surface area contributed by atoms with Gasteiger partial charge >= 0.3 is 0 Å². The van der Waals surface area contributed by atoms with E-state index in [4.69, 9.17) is 11.6 Å². The lowest BCUT2D eigenvalue weighted by atomic mass is 10.2. The number of hydrogen-bond acceptors (Lipinski definition) is 2. The zero-order valence-corrected chi connectivity index (χ0v) is 13.8. The van der Waals surface area contributed by atoms with Gasteiger partial charge in [-0.2, -0.15) is 0 Å². The fourth-order valence-electron chi connectivity index (χ4n) is 1.76. The molecule has 2 rings (SSSR count). The van der Waals surface area contributed by atoms with Gasteiger partial charge in [-0.05, 0) is 24.6 Å². The molecule has 0 bridgehead atoms. The maximum absolute atomic E-state index is 6.27. The van der Waals surface area contributed by atoms with Gasteiger partial charge in [0, 0.05) is 16.6 Å². The van der Waals surface area contributed by atoms with Crippen molar-refractivity contribution < 1.29 is 0 Å². The highest BCUT2D eigenvalue weighted by atomic mass is 79.9. The number of nitrogens with zero attached hydrogens (tertiary/aromatic N) is 3. The van der Waals surface area contributed by atoms with Crippen LogP contribution in [0.15, 0.2) is 22.7 Å². The molecular weight excluding hydrogens is 381 g/mol. The molecule has 0 aliphatic rings. The molecule has 1 heterocycles. The van der Waals surface area contributed by atoms with Gasteiger partial charge in [0.15, 0.2) is 5.82 Å². The van der Waals surface area contributed by atoms with Gasteiger partial charge in [0.1, 0.15) is 5.82 Å². The van der Waals surface area contributed by atoms with Crippen molar-refractivity contribution in [1.82, 2.24) is 14.8 Å². The monoisotopic (exact) mass is 391 g/mol. The number of rotatable bonds is 4. The van der Waals surface area contributed by atoms with Gasteiger partial charge in [-0.25, -0.2) is 0 Å². The average Bonchev–Trinajstić information content (AvgIpc) is 2.73. The van der Waals surface area contributed by atoms with Crippen molar-refractivity contribution in [1.29, 1.82) is 0 Å². The number of halogens is 3. The Balaban J connectivity index is 2.52. The van der Waals surface area contributed by atoms with Gasteiger partial charge in [-0.3, -0.25) is 0 Å². The van der Waals surface area contributed by atoms with Gasteiger partial charge in [-0.1, -0.05) is 50.4 Å². The Morgan fingerprint density at radius 2 is 2.11 bits per heavy atom. The minimum Gasteiger partial charge on any atom is -0.310 e. The highest BCUT2D eigenvalue weighted by Gasteiger charge is 2.15. The van der Waals surface area contributed by atoms with Gasteiger partial charge in [-0.15, -0.1) is 10.2 Å². The molecule has 0 fully saturated rings. The Morgan fingerprint density at radius 3 is 2.72 bits per heavy atom. The molecule has 96 valence electrons. The lowest BCUT2D eigenvalue weighted by Gasteiger charge is -2.09. The molecule has 3 nitrogen and oxygen atoms in total. The minimum absolute atomic E-state index is 0.676. The van der Waals surface area contributed by atoms with Crippen molar-refractivity contribution in [2.75, 3.05) is 0 Å². The van der Waals surface area contributed by atoms with Crippen molar-refractivity contribution >= 4 is 43.5 Å². The molecular formula is C12H12Br2ClN3. The second kappa shape index (κ2) is 6.17. The van der Waals surface area contributed by atoms with Crippen molar-refractivity contribution in [2.24, 2.45) is 0 Å². The van der Waals surface area contributed by atoms with Gasteiger partial charge in [0.05, 0.1) is 10.4 Å². The third-order valence-corrected chi connectivity index (χ3v) is 3.87. The first-order valence-electron chi connectivity index (χ1n) is 5.60. The molecule has 0 amide bonds. The number of hydrogen-bond donors (Lipinski definition) is 0. The van der Waals surface area contributed by atoms with Crippen LogP contribution in [0.5, 0.6) is 0 Å². The molecule has 6 heteroatoms. The van der Waals surface area contributed by atoms with Crippen LogP contribution >= 0.6 is 43.5 Å². The predicted molar refractivity (Wildman–Crippen MR) is 81.1 cm³/mol. The molecule has 18 heavy (non-hydrogen) atoms. The predicted octanol–water partition coefficient (Wildman–Crippen LogP) is 4.67. The topological polar surface area (TPSA) is 30.7 Å².